The number of hydrogen-bond acceptors (Lipinski definition) is 3. The molecule has 0 saturated heterocycles. The topological polar surface area (TPSA) is 43.4 Å². The Kier molecular flexibility index (Phi) is 4.81. The Hall–Kier alpha value is 0.01000. The summed E-state index contributed by atoms with van der Waals surface area (Å²) in [6.45, 7) is 1.06. The molecule has 0 radical (unpaired) electrons. The molecule has 3 nitrogen and oxygen atoms in total. The van der Waals surface area contributed by atoms with E-state index < -0.39 is 22.2 Å². The van der Waals surface area contributed by atoms with Crippen molar-refractivity contribution in [3.8, 4) is 0 Å². The Morgan fingerprint density at radius 1 is 1.27 bits per heavy atom. The molecular formula is C5H5Cl3O3. The summed E-state index contributed by atoms with van der Waals surface area (Å²) in [4.78, 5) is 19.7. The number of rotatable bonds is 3. The highest BCUT2D eigenvalue weighted by atomic mass is 35.5. The number of Topliss-reactive ketones (excluding diaryl/α,β-unsaturated/α-hetero) is 1. The van der Waals surface area contributed by atoms with Gasteiger partial charge in [-0.25, -0.2) is 4.79 Å². The summed E-state index contributed by atoms with van der Waals surface area (Å²) in [6.07, 6.45) is 0. The van der Waals surface area contributed by atoms with Crippen molar-refractivity contribution in [2.45, 2.75) is 17.3 Å². The van der Waals surface area contributed by atoms with E-state index in [-0.39, 0.29) is 0 Å². The Morgan fingerprint density at radius 3 is 2.00 bits per heavy atom. The minimum absolute atomic E-state index is 0.746. The number of carbonyl (C=O) groups is 2. The quantitative estimate of drug-likeness (QED) is 0.410. The van der Waals surface area contributed by atoms with Crippen LogP contribution in [0.25, 0.3) is 0 Å². The summed E-state index contributed by atoms with van der Waals surface area (Å²) in [7, 11) is 0. The second kappa shape index (κ2) is 4.80. The molecule has 0 rings (SSSR count). The van der Waals surface area contributed by atoms with Crippen LogP contribution in [0.15, 0.2) is 0 Å². The minimum atomic E-state index is -1.19. The van der Waals surface area contributed by atoms with Gasteiger partial charge >= 0.3 is 5.97 Å². The molecule has 0 aliphatic carbocycles. The molecule has 0 aliphatic heterocycles. The molecule has 1 unspecified atom stereocenters. The fourth-order valence-electron chi connectivity index (χ4n) is 0.237. The van der Waals surface area contributed by atoms with Crippen molar-refractivity contribution in [1.82, 2.24) is 0 Å². The SMILES string of the molecule is CC(=O)C(=O)OC(Cl)C(Cl)Cl. The number of ketones is 1. The lowest BCUT2D eigenvalue weighted by Gasteiger charge is -2.09. The number of carbonyl (C=O) groups excluding carboxylic acids is 2. The van der Waals surface area contributed by atoms with E-state index in [9.17, 15) is 9.59 Å². The van der Waals surface area contributed by atoms with Crippen LogP contribution in [-0.4, -0.2) is 22.2 Å². The second-order valence-corrected chi connectivity index (χ2v) is 3.24. The highest BCUT2D eigenvalue weighted by Gasteiger charge is 2.20. The van der Waals surface area contributed by atoms with Crippen molar-refractivity contribution >= 4 is 46.6 Å². The minimum Gasteiger partial charge on any atom is -0.437 e. The van der Waals surface area contributed by atoms with Gasteiger partial charge in [-0.15, -0.1) is 0 Å². The van der Waals surface area contributed by atoms with Crippen LogP contribution in [0.4, 0.5) is 0 Å². The summed E-state index contributed by atoms with van der Waals surface area (Å²) in [5.74, 6) is -1.79. The monoisotopic (exact) mass is 218 g/mol. The van der Waals surface area contributed by atoms with Crippen LogP contribution in [0.2, 0.25) is 0 Å². The maximum Gasteiger partial charge on any atom is 0.375 e. The summed E-state index contributed by atoms with van der Waals surface area (Å²) in [6, 6.07) is 0. The zero-order valence-electron chi connectivity index (χ0n) is 5.51. The van der Waals surface area contributed by atoms with Crippen LogP contribution in [0.5, 0.6) is 0 Å². The van der Waals surface area contributed by atoms with Crippen LogP contribution in [0, 0.1) is 0 Å². The van der Waals surface area contributed by atoms with E-state index in [1.165, 1.54) is 0 Å². The zero-order valence-corrected chi connectivity index (χ0v) is 7.78. The molecule has 0 heterocycles. The van der Waals surface area contributed by atoms with Gasteiger partial charge in [-0.1, -0.05) is 34.8 Å². The number of hydrogen-bond donors (Lipinski definition) is 0. The molecule has 0 aliphatic rings. The Balaban J connectivity index is 3.85. The van der Waals surface area contributed by atoms with E-state index in [4.69, 9.17) is 34.8 Å². The first-order valence-corrected chi connectivity index (χ1v) is 3.90. The van der Waals surface area contributed by atoms with Crippen molar-refractivity contribution in [3.05, 3.63) is 0 Å². The first-order chi connectivity index (χ1) is 4.95. The summed E-state index contributed by atoms with van der Waals surface area (Å²) in [5, 5.41) is 0. The van der Waals surface area contributed by atoms with Crippen molar-refractivity contribution < 1.29 is 14.3 Å². The van der Waals surface area contributed by atoms with E-state index in [1.54, 1.807) is 0 Å². The van der Waals surface area contributed by atoms with Crippen LogP contribution < -0.4 is 0 Å². The third kappa shape index (κ3) is 4.45. The van der Waals surface area contributed by atoms with Gasteiger partial charge in [0, 0.05) is 6.92 Å². The number of esters is 1. The van der Waals surface area contributed by atoms with Crippen molar-refractivity contribution in [2.24, 2.45) is 0 Å². The molecule has 0 amide bonds. The van der Waals surface area contributed by atoms with E-state index in [1.807, 2.05) is 0 Å². The average Bonchev–Trinajstić information content (AvgIpc) is 1.87. The molecule has 11 heavy (non-hydrogen) atoms. The number of ether oxygens (including phenoxy) is 1. The Morgan fingerprint density at radius 2 is 1.73 bits per heavy atom. The summed E-state index contributed by atoms with van der Waals surface area (Å²) in [5.41, 5.74) is -1.19. The van der Waals surface area contributed by atoms with Gasteiger partial charge < -0.3 is 4.74 Å². The first-order valence-electron chi connectivity index (χ1n) is 2.59. The maximum absolute atomic E-state index is 10.5. The van der Waals surface area contributed by atoms with Crippen LogP contribution in [-0.2, 0) is 14.3 Å². The molecule has 0 aromatic rings. The molecule has 0 N–H and O–H groups in total. The van der Waals surface area contributed by atoms with Crippen molar-refractivity contribution in [1.29, 1.82) is 0 Å². The van der Waals surface area contributed by atoms with Crippen LogP contribution in [0.1, 0.15) is 6.92 Å². The molecule has 0 aromatic carbocycles. The molecule has 0 spiro atoms. The highest BCUT2D eigenvalue weighted by molar-refractivity contribution is 6.48. The van der Waals surface area contributed by atoms with Gasteiger partial charge in [0.2, 0.25) is 11.3 Å². The Labute approximate surface area is 78.5 Å². The third-order valence-corrected chi connectivity index (χ3v) is 1.76. The van der Waals surface area contributed by atoms with Crippen molar-refractivity contribution in [2.75, 3.05) is 0 Å². The molecule has 0 aromatic heterocycles. The molecule has 0 fully saturated rings. The lowest BCUT2D eigenvalue weighted by atomic mass is 10.5. The third-order valence-electron chi connectivity index (χ3n) is 0.705. The molecule has 64 valence electrons. The first kappa shape index (κ1) is 11.0. The fourth-order valence-corrected chi connectivity index (χ4v) is 0.420. The van der Waals surface area contributed by atoms with E-state index in [0.717, 1.165) is 6.92 Å². The summed E-state index contributed by atoms with van der Waals surface area (Å²) < 4.78 is 4.29. The highest BCUT2D eigenvalue weighted by Crippen LogP contribution is 2.15. The van der Waals surface area contributed by atoms with Gasteiger partial charge in [0.15, 0.2) is 4.84 Å². The molecule has 6 heteroatoms. The van der Waals surface area contributed by atoms with E-state index >= 15 is 0 Å². The summed E-state index contributed by atoms with van der Waals surface area (Å²) >= 11 is 15.7. The number of alkyl halides is 3. The fraction of sp³-hybridized carbons (Fsp3) is 0.600. The van der Waals surface area contributed by atoms with Gasteiger partial charge in [-0.3, -0.25) is 4.79 Å². The smallest absolute Gasteiger partial charge is 0.375 e. The lowest BCUT2D eigenvalue weighted by Crippen LogP contribution is -2.22. The van der Waals surface area contributed by atoms with Gasteiger partial charge in [-0.2, -0.15) is 0 Å². The number of halogens is 3. The predicted octanol–water partition coefficient (Wildman–Crippen LogP) is 1.49. The largest absolute Gasteiger partial charge is 0.437 e. The molecule has 0 saturated carbocycles. The van der Waals surface area contributed by atoms with Crippen LogP contribution >= 0.6 is 34.8 Å². The zero-order chi connectivity index (χ0) is 9.02. The van der Waals surface area contributed by atoms with E-state index in [0.29, 0.717) is 0 Å². The predicted molar refractivity (Wildman–Crippen MR) is 41.9 cm³/mol. The van der Waals surface area contributed by atoms with Crippen LogP contribution in [0.3, 0.4) is 0 Å². The lowest BCUT2D eigenvalue weighted by molar-refractivity contribution is -0.153. The average molecular weight is 219 g/mol. The Bertz CT molecular complexity index is 168. The van der Waals surface area contributed by atoms with Crippen molar-refractivity contribution in [3.63, 3.8) is 0 Å². The molecular weight excluding hydrogens is 214 g/mol. The maximum atomic E-state index is 10.5. The van der Waals surface area contributed by atoms with Gasteiger partial charge in [0.1, 0.15) is 0 Å². The molecule has 1 atom stereocenters. The second-order valence-electron chi connectivity index (χ2n) is 1.65. The van der Waals surface area contributed by atoms with Gasteiger partial charge in [0.05, 0.1) is 0 Å². The molecule has 0 bridgehead atoms. The van der Waals surface area contributed by atoms with E-state index in [2.05, 4.69) is 4.74 Å². The standard InChI is InChI=1S/C5H5Cl3O3/c1-2(9)5(10)11-4(8)3(6)7/h3-4H,1H3. The van der Waals surface area contributed by atoms with Gasteiger partial charge in [-0.05, 0) is 0 Å². The van der Waals surface area contributed by atoms with Gasteiger partial charge in [0.25, 0.3) is 0 Å². The normalized spacial score (nSPS) is 12.8.